The number of hydrogen-bond donors (Lipinski definition) is 1. The molecule has 1 aliphatic heterocycles. The van der Waals surface area contributed by atoms with E-state index in [4.69, 9.17) is 4.74 Å². The summed E-state index contributed by atoms with van der Waals surface area (Å²) in [6, 6.07) is 15.6. The minimum Gasteiger partial charge on any atom is -0.465 e. The van der Waals surface area contributed by atoms with E-state index in [1.54, 1.807) is 0 Å². The molecular formula is C26H29N2O3+. The number of hydrogen-bond acceptors (Lipinski definition) is 4. The number of allylic oxidation sites excluding steroid dienone is 2. The molecule has 0 spiro atoms. The molecule has 5 heteroatoms. The van der Waals surface area contributed by atoms with Crippen LogP contribution in [-0.2, 0) is 20.7 Å². The highest BCUT2D eigenvalue weighted by Crippen LogP contribution is 2.47. The largest absolute Gasteiger partial charge is 0.465 e. The monoisotopic (exact) mass is 417 g/mol. The highest BCUT2D eigenvalue weighted by atomic mass is 16.5. The lowest BCUT2D eigenvalue weighted by Crippen LogP contribution is -2.45. The van der Waals surface area contributed by atoms with Gasteiger partial charge in [-0.15, -0.1) is 0 Å². The zero-order chi connectivity index (χ0) is 22.0. The summed E-state index contributed by atoms with van der Waals surface area (Å²) in [6.45, 7) is 8.61. The minimum absolute atomic E-state index is 0.0792. The van der Waals surface area contributed by atoms with Gasteiger partial charge in [-0.3, -0.25) is 9.59 Å². The summed E-state index contributed by atoms with van der Waals surface area (Å²) >= 11 is 0. The first kappa shape index (κ1) is 21.0. The Morgan fingerprint density at radius 1 is 1.16 bits per heavy atom. The van der Waals surface area contributed by atoms with Crippen molar-refractivity contribution in [2.45, 2.75) is 39.0 Å². The van der Waals surface area contributed by atoms with Crippen molar-refractivity contribution in [2.24, 2.45) is 11.3 Å². The number of pyridine rings is 1. The number of H-pyrrole nitrogens is 1. The van der Waals surface area contributed by atoms with Crippen LogP contribution in [0.1, 0.15) is 43.9 Å². The molecule has 1 aromatic heterocycles. The second-order valence-electron chi connectivity index (χ2n) is 9.16. The van der Waals surface area contributed by atoms with Gasteiger partial charge in [0.2, 0.25) is 0 Å². The van der Waals surface area contributed by atoms with Crippen LogP contribution in [0.3, 0.4) is 0 Å². The number of nitrogens with one attached hydrogen (secondary N) is 2. The van der Waals surface area contributed by atoms with Gasteiger partial charge in [0.05, 0.1) is 12.5 Å². The van der Waals surface area contributed by atoms with E-state index in [9.17, 15) is 9.59 Å². The van der Waals surface area contributed by atoms with Crippen LogP contribution in [0.25, 0.3) is 0 Å². The van der Waals surface area contributed by atoms with E-state index < -0.39 is 11.8 Å². The number of ether oxygens (including phenoxy) is 1. The van der Waals surface area contributed by atoms with Gasteiger partial charge in [-0.05, 0) is 17.4 Å². The van der Waals surface area contributed by atoms with Gasteiger partial charge in [0.1, 0.15) is 5.92 Å². The van der Waals surface area contributed by atoms with E-state index in [0.29, 0.717) is 24.1 Å². The fraction of sp³-hybridized carbons (Fsp3) is 0.346. The van der Waals surface area contributed by atoms with E-state index in [2.05, 4.69) is 30.7 Å². The summed E-state index contributed by atoms with van der Waals surface area (Å²) < 4.78 is 5.68. The van der Waals surface area contributed by atoms with Gasteiger partial charge in [0.15, 0.2) is 17.7 Å². The maximum absolute atomic E-state index is 13.2. The number of Topliss-reactive ketones (excluding diaryl/α,β-unsaturated/α-hetero) is 1. The van der Waals surface area contributed by atoms with Crippen LogP contribution in [0.15, 0.2) is 78.3 Å². The second-order valence-corrected chi connectivity index (χ2v) is 9.16. The quantitative estimate of drug-likeness (QED) is 0.753. The summed E-state index contributed by atoms with van der Waals surface area (Å²) in [5, 5.41) is 3.29. The highest BCUT2D eigenvalue weighted by molar-refractivity contribution is 6.00. The third kappa shape index (κ3) is 4.46. The van der Waals surface area contributed by atoms with Crippen LogP contribution in [0, 0.1) is 11.3 Å². The molecule has 2 heterocycles. The second kappa shape index (κ2) is 8.50. The zero-order valence-electron chi connectivity index (χ0n) is 18.1. The molecule has 2 aliphatic rings. The van der Waals surface area contributed by atoms with Gasteiger partial charge in [-0.25, -0.2) is 4.98 Å². The summed E-state index contributed by atoms with van der Waals surface area (Å²) in [7, 11) is 0. The van der Waals surface area contributed by atoms with Crippen LogP contribution in [-0.4, -0.2) is 18.4 Å². The molecule has 160 valence electrons. The third-order valence-electron chi connectivity index (χ3n) is 6.05. The van der Waals surface area contributed by atoms with Crippen LogP contribution in [0.2, 0.25) is 0 Å². The predicted molar refractivity (Wildman–Crippen MR) is 118 cm³/mol. The number of carbonyl (C=O) groups is 2. The molecule has 0 saturated carbocycles. The van der Waals surface area contributed by atoms with Crippen molar-refractivity contribution in [3.8, 4) is 0 Å². The van der Waals surface area contributed by atoms with Gasteiger partial charge in [-0.2, -0.15) is 0 Å². The van der Waals surface area contributed by atoms with E-state index >= 15 is 0 Å². The average Bonchev–Trinajstić information content (AvgIpc) is 2.73. The topological polar surface area (TPSA) is 69.5 Å². The van der Waals surface area contributed by atoms with Crippen molar-refractivity contribution in [1.82, 2.24) is 5.32 Å². The Balaban J connectivity index is 1.63. The fourth-order valence-corrected chi connectivity index (χ4v) is 4.66. The highest BCUT2D eigenvalue weighted by Gasteiger charge is 2.48. The standard InChI is InChI=1S/C26H28N2O3/c1-17-22(25(30)31-14-12-18-9-5-4-6-10-18)24(19-11-7-8-13-27-19)23-20(28-17)15-26(2,3)16-21(23)29/h4-11,13,22,24,28H,1,12,14-16H2,2-3H3/p+1. The summed E-state index contributed by atoms with van der Waals surface area (Å²) in [5.41, 5.74) is 3.93. The first-order valence-electron chi connectivity index (χ1n) is 10.7. The maximum Gasteiger partial charge on any atom is 0.316 e. The van der Waals surface area contributed by atoms with Gasteiger partial charge in [0.25, 0.3) is 0 Å². The molecule has 0 amide bonds. The Bertz CT molecular complexity index is 1030. The molecule has 2 atom stereocenters. The van der Waals surface area contributed by atoms with Crippen molar-refractivity contribution in [2.75, 3.05) is 6.61 Å². The molecule has 1 aromatic carbocycles. The minimum atomic E-state index is -0.668. The number of carbonyl (C=O) groups excluding carboxylic acids is 2. The predicted octanol–water partition coefficient (Wildman–Crippen LogP) is 3.75. The summed E-state index contributed by atoms with van der Waals surface area (Å²) in [5.74, 6) is -1.38. The summed E-state index contributed by atoms with van der Waals surface area (Å²) in [4.78, 5) is 29.7. The Kier molecular flexibility index (Phi) is 5.77. The normalized spacial score (nSPS) is 22.5. The Morgan fingerprint density at radius 2 is 1.90 bits per heavy atom. The van der Waals surface area contributed by atoms with Crippen molar-refractivity contribution >= 4 is 11.8 Å². The lowest BCUT2D eigenvalue weighted by Gasteiger charge is -2.40. The van der Waals surface area contributed by atoms with Crippen LogP contribution < -0.4 is 10.3 Å². The molecular weight excluding hydrogens is 388 g/mol. The van der Waals surface area contributed by atoms with Crippen molar-refractivity contribution < 1.29 is 19.3 Å². The summed E-state index contributed by atoms with van der Waals surface area (Å²) in [6.07, 6.45) is 3.66. The Hall–Kier alpha value is -3.21. The number of ketones is 1. The lowest BCUT2D eigenvalue weighted by atomic mass is 9.67. The van der Waals surface area contributed by atoms with Crippen LogP contribution in [0.5, 0.6) is 0 Å². The van der Waals surface area contributed by atoms with Gasteiger partial charge < -0.3 is 10.1 Å². The molecule has 31 heavy (non-hydrogen) atoms. The average molecular weight is 418 g/mol. The van der Waals surface area contributed by atoms with Crippen LogP contribution in [0.4, 0.5) is 0 Å². The number of aromatic amines is 1. The molecule has 0 radical (unpaired) electrons. The first-order valence-corrected chi connectivity index (χ1v) is 10.7. The van der Waals surface area contributed by atoms with Crippen molar-refractivity contribution in [3.05, 3.63) is 89.5 Å². The van der Waals surface area contributed by atoms with E-state index in [-0.39, 0.29) is 23.8 Å². The molecule has 4 rings (SSSR count). The molecule has 1 aliphatic carbocycles. The maximum atomic E-state index is 13.2. The van der Waals surface area contributed by atoms with E-state index in [1.807, 2.05) is 54.7 Å². The molecule has 5 nitrogen and oxygen atoms in total. The van der Waals surface area contributed by atoms with E-state index in [1.165, 1.54) is 0 Å². The number of aromatic nitrogens is 1. The van der Waals surface area contributed by atoms with Crippen molar-refractivity contribution in [3.63, 3.8) is 0 Å². The lowest BCUT2D eigenvalue weighted by molar-refractivity contribution is -0.392. The first-order chi connectivity index (χ1) is 14.9. The van der Waals surface area contributed by atoms with Gasteiger partial charge in [0, 0.05) is 41.9 Å². The Labute approximate surface area is 183 Å². The molecule has 0 bridgehead atoms. The fourth-order valence-electron chi connectivity index (χ4n) is 4.66. The SMILES string of the molecule is C=C1NC2=C(C(=O)CC(C)(C)C2)C(c2cccc[nH+]2)C1C(=O)OCCc1ccccc1. The smallest absolute Gasteiger partial charge is 0.316 e. The Morgan fingerprint density at radius 3 is 2.61 bits per heavy atom. The zero-order valence-corrected chi connectivity index (χ0v) is 18.1. The molecule has 0 fully saturated rings. The van der Waals surface area contributed by atoms with Gasteiger partial charge >= 0.3 is 5.97 Å². The van der Waals surface area contributed by atoms with Crippen molar-refractivity contribution in [1.29, 1.82) is 0 Å². The molecule has 2 aromatic rings. The molecule has 2 unspecified atom stereocenters. The molecule has 2 N–H and O–H groups in total. The molecule has 0 saturated heterocycles. The number of rotatable bonds is 5. The number of benzene rings is 1. The third-order valence-corrected chi connectivity index (χ3v) is 6.05. The van der Waals surface area contributed by atoms with Gasteiger partial charge in [-0.1, -0.05) is 56.8 Å². The van der Waals surface area contributed by atoms with Crippen LogP contribution >= 0.6 is 0 Å². The van der Waals surface area contributed by atoms with E-state index in [0.717, 1.165) is 23.4 Å². The number of esters is 1.